The van der Waals surface area contributed by atoms with Crippen molar-refractivity contribution in [2.24, 2.45) is 0 Å². The molecule has 1 heterocycles. The predicted molar refractivity (Wildman–Crippen MR) is 59.5 cm³/mol. The summed E-state index contributed by atoms with van der Waals surface area (Å²) in [5.41, 5.74) is 0.977. The molecule has 1 atom stereocenters. The summed E-state index contributed by atoms with van der Waals surface area (Å²) in [5, 5.41) is 9.06. The number of aromatic amines is 1. The monoisotopic (exact) mass is 222 g/mol. The maximum Gasteiger partial charge on any atom is 0.326 e. The maximum absolute atomic E-state index is 11.7. The molecule has 1 aliphatic carbocycles. The second kappa shape index (κ2) is 3.66. The molecule has 0 saturated carbocycles. The number of aliphatic carboxylic acids is 1. The van der Waals surface area contributed by atoms with Crippen LogP contribution in [-0.4, -0.2) is 20.6 Å². The lowest BCUT2D eigenvalue weighted by Gasteiger charge is -2.16. The van der Waals surface area contributed by atoms with E-state index in [1.807, 2.05) is 19.9 Å². The average Bonchev–Trinajstić information content (AvgIpc) is 2.52. The van der Waals surface area contributed by atoms with Crippen molar-refractivity contribution in [3.8, 4) is 0 Å². The Kier molecular flexibility index (Phi) is 2.46. The van der Waals surface area contributed by atoms with Gasteiger partial charge in [0.05, 0.1) is 11.4 Å². The molecule has 0 radical (unpaired) electrons. The fourth-order valence-corrected chi connectivity index (χ4v) is 2.08. The van der Waals surface area contributed by atoms with Gasteiger partial charge < -0.3 is 10.1 Å². The number of fused-ring (bicyclic) bond motifs is 1. The van der Waals surface area contributed by atoms with Gasteiger partial charge in [-0.2, -0.15) is 0 Å². The lowest BCUT2D eigenvalue weighted by molar-refractivity contribution is -0.138. The van der Waals surface area contributed by atoms with Crippen molar-refractivity contribution in [3.63, 3.8) is 0 Å². The summed E-state index contributed by atoms with van der Waals surface area (Å²) in [5.74, 6) is -1.53. The third-order valence-electron chi connectivity index (χ3n) is 2.81. The van der Waals surface area contributed by atoms with Gasteiger partial charge in [-0.25, -0.2) is 4.79 Å². The lowest BCUT2D eigenvalue weighted by atomic mass is 9.95. The highest BCUT2D eigenvalue weighted by molar-refractivity contribution is 5.78. The van der Waals surface area contributed by atoms with Crippen LogP contribution in [0.3, 0.4) is 0 Å². The number of hydrogen-bond donors (Lipinski definition) is 2. The first-order valence-electron chi connectivity index (χ1n) is 5.26. The van der Waals surface area contributed by atoms with Gasteiger partial charge in [0.1, 0.15) is 5.92 Å². The zero-order chi connectivity index (χ0) is 11.9. The van der Waals surface area contributed by atoms with Crippen LogP contribution in [0, 0.1) is 0 Å². The SMILES string of the molecule is CC(C)n1c2c([nH]c1=O)C(C(=O)O)CC=C2. The topological polar surface area (TPSA) is 75.1 Å². The van der Waals surface area contributed by atoms with Crippen molar-refractivity contribution in [2.45, 2.75) is 32.2 Å². The van der Waals surface area contributed by atoms with Crippen LogP contribution in [0.15, 0.2) is 10.9 Å². The van der Waals surface area contributed by atoms with Crippen molar-refractivity contribution < 1.29 is 9.90 Å². The molecule has 16 heavy (non-hydrogen) atoms. The highest BCUT2D eigenvalue weighted by Gasteiger charge is 2.28. The standard InChI is InChI=1S/C11H14N2O3/c1-6(2)13-8-5-3-4-7(10(14)15)9(8)12-11(13)16/h3,5-7H,4H2,1-2H3,(H,12,16)(H,14,15). The van der Waals surface area contributed by atoms with E-state index in [1.54, 1.807) is 10.6 Å². The number of aromatic nitrogens is 2. The van der Waals surface area contributed by atoms with E-state index in [2.05, 4.69) is 4.98 Å². The Morgan fingerprint density at radius 1 is 1.62 bits per heavy atom. The molecule has 0 fully saturated rings. The number of carboxylic acids is 1. The van der Waals surface area contributed by atoms with Crippen molar-refractivity contribution in [1.82, 2.24) is 9.55 Å². The number of imidazole rings is 1. The van der Waals surface area contributed by atoms with E-state index in [0.29, 0.717) is 17.8 Å². The number of hydrogen-bond acceptors (Lipinski definition) is 2. The molecule has 1 aromatic rings. The Hall–Kier alpha value is -1.78. The number of H-pyrrole nitrogens is 1. The molecule has 0 amide bonds. The lowest BCUT2D eigenvalue weighted by Crippen LogP contribution is -2.19. The number of carboxylic acid groups (broad SMARTS) is 1. The van der Waals surface area contributed by atoms with Crippen LogP contribution in [0.2, 0.25) is 0 Å². The predicted octanol–water partition coefficient (Wildman–Crippen LogP) is 1.34. The van der Waals surface area contributed by atoms with E-state index in [4.69, 9.17) is 5.11 Å². The Morgan fingerprint density at radius 2 is 2.31 bits per heavy atom. The number of nitrogens with one attached hydrogen (secondary N) is 1. The summed E-state index contributed by atoms with van der Waals surface area (Å²) < 4.78 is 1.58. The van der Waals surface area contributed by atoms with Gasteiger partial charge in [-0.1, -0.05) is 6.08 Å². The molecule has 0 aliphatic heterocycles. The summed E-state index contributed by atoms with van der Waals surface area (Å²) in [7, 11) is 0. The van der Waals surface area contributed by atoms with Crippen LogP contribution in [-0.2, 0) is 4.79 Å². The fourth-order valence-electron chi connectivity index (χ4n) is 2.08. The molecule has 86 valence electrons. The molecule has 0 saturated heterocycles. The quantitative estimate of drug-likeness (QED) is 0.792. The molecular formula is C11H14N2O3. The molecule has 0 bridgehead atoms. The first-order valence-corrected chi connectivity index (χ1v) is 5.26. The molecule has 2 N–H and O–H groups in total. The Labute approximate surface area is 92.4 Å². The van der Waals surface area contributed by atoms with E-state index >= 15 is 0 Å². The number of carbonyl (C=O) groups is 1. The molecular weight excluding hydrogens is 208 g/mol. The molecule has 5 nitrogen and oxygen atoms in total. The largest absolute Gasteiger partial charge is 0.481 e. The first kappa shape index (κ1) is 10.7. The van der Waals surface area contributed by atoms with Crippen LogP contribution in [0.25, 0.3) is 6.08 Å². The molecule has 2 rings (SSSR count). The zero-order valence-corrected chi connectivity index (χ0v) is 9.23. The van der Waals surface area contributed by atoms with E-state index in [1.165, 1.54) is 0 Å². The maximum atomic E-state index is 11.7. The third-order valence-corrected chi connectivity index (χ3v) is 2.81. The number of rotatable bonds is 2. The van der Waals surface area contributed by atoms with Gasteiger partial charge in [-0.05, 0) is 26.3 Å². The molecule has 5 heteroatoms. The normalized spacial score (nSPS) is 18.8. The second-order valence-corrected chi connectivity index (χ2v) is 4.22. The Bertz CT molecular complexity index is 508. The average molecular weight is 222 g/mol. The van der Waals surface area contributed by atoms with E-state index in [-0.39, 0.29) is 11.7 Å². The Morgan fingerprint density at radius 3 is 2.88 bits per heavy atom. The summed E-state index contributed by atoms with van der Waals surface area (Å²) in [6.45, 7) is 3.79. The van der Waals surface area contributed by atoms with E-state index in [0.717, 1.165) is 0 Å². The minimum absolute atomic E-state index is 0.0182. The molecule has 0 spiro atoms. The van der Waals surface area contributed by atoms with Gasteiger partial charge in [0.2, 0.25) is 0 Å². The van der Waals surface area contributed by atoms with E-state index in [9.17, 15) is 9.59 Å². The number of allylic oxidation sites excluding steroid dienone is 1. The molecule has 1 unspecified atom stereocenters. The molecule has 1 aliphatic rings. The van der Waals surface area contributed by atoms with Gasteiger partial charge in [0.15, 0.2) is 0 Å². The minimum Gasteiger partial charge on any atom is -0.481 e. The highest BCUT2D eigenvalue weighted by atomic mass is 16.4. The van der Waals surface area contributed by atoms with Crippen molar-refractivity contribution in [2.75, 3.05) is 0 Å². The summed E-state index contributed by atoms with van der Waals surface area (Å²) in [4.78, 5) is 25.4. The summed E-state index contributed by atoms with van der Waals surface area (Å²) in [6, 6.07) is 0.0182. The van der Waals surface area contributed by atoms with Crippen LogP contribution in [0.5, 0.6) is 0 Å². The summed E-state index contributed by atoms with van der Waals surface area (Å²) >= 11 is 0. The molecule has 0 aromatic carbocycles. The zero-order valence-electron chi connectivity index (χ0n) is 9.23. The van der Waals surface area contributed by atoms with Gasteiger partial charge in [-0.3, -0.25) is 9.36 Å². The van der Waals surface area contributed by atoms with Gasteiger partial charge in [0, 0.05) is 6.04 Å². The van der Waals surface area contributed by atoms with Gasteiger partial charge >= 0.3 is 11.7 Å². The van der Waals surface area contributed by atoms with Crippen molar-refractivity contribution in [1.29, 1.82) is 0 Å². The van der Waals surface area contributed by atoms with E-state index < -0.39 is 11.9 Å². The second-order valence-electron chi connectivity index (χ2n) is 4.22. The van der Waals surface area contributed by atoms with Crippen LogP contribution in [0.4, 0.5) is 0 Å². The third kappa shape index (κ3) is 1.48. The number of nitrogens with zero attached hydrogens (tertiary/aromatic N) is 1. The van der Waals surface area contributed by atoms with Crippen LogP contribution in [0.1, 0.15) is 43.6 Å². The summed E-state index contributed by atoms with van der Waals surface area (Å²) in [6.07, 6.45) is 4.04. The van der Waals surface area contributed by atoms with Crippen LogP contribution < -0.4 is 5.69 Å². The van der Waals surface area contributed by atoms with Crippen molar-refractivity contribution in [3.05, 3.63) is 27.9 Å². The van der Waals surface area contributed by atoms with Gasteiger partial charge in [0.25, 0.3) is 0 Å². The smallest absolute Gasteiger partial charge is 0.326 e. The fraction of sp³-hybridized carbons (Fsp3) is 0.455. The minimum atomic E-state index is -0.900. The van der Waals surface area contributed by atoms with Gasteiger partial charge in [-0.15, -0.1) is 0 Å². The van der Waals surface area contributed by atoms with Crippen molar-refractivity contribution >= 4 is 12.0 Å². The van der Waals surface area contributed by atoms with Crippen LogP contribution >= 0.6 is 0 Å². The highest BCUT2D eigenvalue weighted by Crippen LogP contribution is 2.28. The first-order chi connectivity index (χ1) is 7.52. The Balaban J connectivity index is 2.62. The molecule has 1 aromatic heterocycles.